The molecule has 0 spiro atoms. The Kier molecular flexibility index (Phi) is 4.72. The predicted molar refractivity (Wildman–Crippen MR) is 111 cm³/mol. The Morgan fingerprint density at radius 1 is 0.857 bits per heavy atom. The highest BCUT2D eigenvalue weighted by Crippen LogP contribution is 2.24. The van der Waals surface area contributed by atoms with E-state index in [1.807, 2.05) is 79.7 Å². The summed E-state index contributed by atoms with van der Waals surface area (Å²) < 4.78 is 1.75. The Hall–Kier alpha value is -3.73. The maximum absolute atomic E-state index is 12.7. The van der Waals surface area contributed by atoms with E-state index >= 15 is 0 Å². The highest BCUT2D eigenvalue weighted by molar-refractivity contribution is 6.01. The number of anilines is 1. The van der Waals surface area contributed by atoms with Gasteiger partial charge >= 0.3 is 0 Å². The number of hydrogen-bond donors (Lipinski definition) is 1. The Morgan fingerprint density at radius 3 is 2.25 bits per heavy atom. The molecule has 0 aliphatic rings. The monoisotopic (exact) mass is 368 g/mol. The van der Waals surface area contributed by atoms with Crippen molar-refractivity contribution in [1.82, 2.24) is 14.8 Å². The van der Waals surface area contributed by atoms with E-state index in [0.29, 0.717) is 11.5 Å². The van der Waals surface area contributed by atoms with Crippen molar-refractivity contribution in [3.63, 3.8) is 0 Å². The van der Waals surface area contributed by atoms with Gasteiger partial charge in [0.2, 0.25) is 5.82 Å². The summed E-state index contributed by atoms with van der Waals surface area (Å²) in [5, 5.41) is 7.40. The van der Waals surface area contributed by atoms with Gasteiger partial charge in [-0.1, -0.05) is 60.7 Å². The molecule has 0 fully saturated rings. The summed E-state index contributed by atoms with van der Waals surface area (Å²) >= 11 is 0. The Labute approximate surface area is 163 Å². The van der Waals surface area contributed by atoms with Crippen molar-refractivity contribution in [3.05, 3.63) is 95.8 Å². The molecule has 0 saturated carbocycles. The smallest absolute Gasteiger partial charge is 0.295 e. The van der Waals surface area contributed by atoms with Crippen LogP contribution >= 0.6 is 0 Å². The molecule has 5 nitrogen and oxygen atoms in total. The Bertz CT molecular complexity index is 1120. The summed E-state index contributed by atoms with van der Waals surface area (Å²) in [6.07, 6.45) is 0. The van der Waals surface area contributed by atoms with E-state index in [0.717, 1.165) is 22.4 Å². The van der Waals surface area contributed by atoms with Crippen LogP contribution in [-0.2, 0) is 0 Å². The van der Waals surface area contributed by atoms with Crippen LogP contribution < -0.4 is 5.32 Å². The largest absolute Gasteiger partial charge is 0.319 e. The van der Waals surface area contributed by atoms with Crippen LogP contribution in [0.25, 0.3) is 17.1 Å². The number of hydrogen-bond acceptors (Lipinski definition) is 3. The first-order valence-electron chi connectivity index (χ1n) is 9.09. The molecule has 4 rings (SSSR count). The second-order valence-electron chi connectivity index (χ2n) is 6.58. The van der Waals surface area contributed by atoms with Crippen molar-refractivity contribution >= 4 is 11.6 Å². The first kappa shape index (κ1) is 17.7. The lowest BCUT2D eigenvalue weighted by Gasteiger charge is -2.10. The fraction of sp³-hybridized carbons (Fsp3) is 0.0870. The zero-order chi connectivity index (χ0) is 19.5. The minimum absolute atomic E-state index is 0.128. The van der Waals surface area contributed by atoms with Gasteiger partial charge in [-0.3, -0.25) is 4.79 Å². The van der Waals surface area contributed by atoms with Crippen molar-refractivity contribution in [2.75, 3.05) is 5.32 Å². The number of benzene rings is 3. The molecule has 3 aromatic carbocycles. The maximum Gasteiger partial charge on any atom is 0.295 e. The average molecular weight is 368 g/mol. The Morgan fingerprint density at radius 2 is 1.54 bits per heavy atom. The standard InChI is InChI=1S/C23H20N4O/c1-16-10-9-15-20(17(16)2)27-22(18-11-5-3-6-12-18)25-21(26-27)23(28)24-19-13-7-4-8-14-19/h3-15H,1-2H3,(H,24,28). The number of aromatic nitrogens is 3. The third-order valence-electron chi connectivity index (χ3n) is 4.68. The molecule has 1 N–H and O–H groups in total. The molecule has 0 atom stereocenters. The van der Waals surface area contributed by atoms with E-state index in [4.69, 9.17) is 0 Å². The highest BCUT2D eigenvalue weighted by Gasteiger charge is 2.20. The first-order chi connectivity index (χ1) is 13.6. The Balaban J connectivity index is 1.81. The molecule has 4 aromatic rings. The molecule has 5 heteroatoms. The van der Waals surface area contributed by atoms with Crippen LogP contribution in [0.2, 0.25) is 0 Å². The van der Waals surface area contributed by atoms with E-state index in [1.54, 1.807) is 4.68 Å². The molecule has 1 amide bonds. The molecule has 0 saturated heterocycles. The molecule has 28 heavy (non-hydrogen) atoms. The second kappa shape index (κ2) is 7.48. The summed E-state index contributed by atoms with van der Waals surface area (Å²) in [6, 6.07) is 25.1. The van der Waals surface area contributed by atoms with Crippen LogP contribution in [0.4, 0.5) is 5.69 Å². The summed E-state index contributed by atoms with van der Waals surface area (Å²) in [6.45, 7) is 4.10. The molecular formula is C23H20N4O. The lowest BCUT2D eigenvalue weighted by Crippen LogP contribution is -2.14. The molecule has 0 bridgehead atoms. The third kappa shape index (κ3) is 3.42. The second-order valence-corrected chi connectivity index (χ2v) is 6.58. The van der Waals surface area contributed by atoms with Gasteiger partial charge in [-0.05, 0) is 43.2 Å². The van der Waals surface area contributed by atoms with Crippen molar-refractivity contribution in [2.45, 2.75) is 13.8 Å². The minimum Gasteiger partial charge on any atom is -0.319 e. The highest BCUT2D eigenvalue weighted by atomic mass is 16.2. The van der Waals surface area contributed by atoms with Crippen LogP contribution in [-0.4, -0.2) is 20.7 Å². The molecule has 0 radical (unpaired) electrons. The third-order valence-corrected chi connectivity index (χ3v) is 4.68. The van der Waals surface area contributed by atoms with E-state index in [-0.39, 0.29) is 11.7 Å². The molecule has 138 valence electrons. The minimum atomic E-state index is -0.340. The van der Waals surface area contributed by atoms with Gasteiger partial charge in [0, 0.05) is 11.3 Å². The number of aryl methyl sites for hydroxylation is 1. The molecule has 1 aromatic heterocycles. The lowest BCUT2D eigenvalue weighted by molar-refractivity contribution is 0.101. The van der Waals surface area contributed by atoms with Gasteiger partial charge in [0.1, 0.15) is 0 Å². The van der Waals surface area contributed by atoms with Crippen LogP contribution in [0.15, 0.2) is 78.9 Å². The number of carbonyl (C=O) groups excluding carboxylic acids is 1. The predicted octanol–water partition coefficient (Wildman–Crippen LogP) is 4.80. The van der Waals surface area contributed by atoms with Gasteiger partial charge in [-0.15, -0.1) is 5.10 Å². The normalized spacial score (nSPS) is 10.6. The fourth-order valence-electron chi connectivity index (χ4n) is 3.02. The zero-order valence-electron chi connectivity index (χ0n) is 15.8. The van der Waals surface area contributed by atoms with Gasteiger partial charge < -0.3 is 5.32 Å². The zero-order valence-corrected chi connectivity index (χ0v) is 15.8. The first-order valence-corrected chi connectivity index (χ1v) is 9.09. The van der Waals surface area contributed by atoms with Crippen molar-refractivity contribution < 1.29 is 4.79 Å². The molecule has 1 heterocycles. The van der Waals surface area contributed by atoms with Crippen LogP contribution in [0.1, 0.15) is 21.7 Å². The van der Waals surface area contributed by atoms with E-state index in [9.17, 15) is 4.79 Å². The number of rotatable bonds is 4. The van der Waals surface area contributed by atoms with Gasteiger partial charge in [0.15, 0.2) is 5.82 Å². The topological polar surface area (TPSA) is 59.8 Å². The number of nitrogens with zero attached hydrogens (tertiary/aromatic N) is 3. The number of carbonyl (C=O) groups is 1. The molecule has 0 unspecified atom stereocenters. The average Bonchev–Trinajstić information content (AvgIpc) is 3.17. The van der Waals surface area contributed by atoms with Crippen molar-refractivity contribution in [2.24, 2.45) is 0 Å². The van der Waals surface area contributed by atoms with Gasteiger partial charge in [0.05, 0.1) is 5.69 Å². The van der Waals surface area contributed by atoms with Crippen molar-refractivity contribution in [3.8, 4) is 17.1 Å². The van der Waals surface area contributed by atoms with E-state index in [2.05, 4.69) is 28.4 Å². The van der Waals surface area contributed by atoms with E-state index < -0.39 is 0 Å². The number of amides is 1. The number of para-hydroxylation sites is 1. The fourth-order valence-corrected chi connectivity index (χ4v) is 3.02. The van der Waals surface area contributed by atoms with Gasteiger partial charge in [-0.25, -0.2) is 9.67 Å². The van der Waals surface area contributed by atoms with Crippen LogP contribution in [0.3, 0.4) is 0 Å². The summed E-state index contributed by atoms with van der Waals surface area (Å²) in [5.74, 6) is 0.420. The maximum atomic E-state index is 12.7. The van der Waals surface area contributed by atoms with Gasteiger partial charge in [-0.2, -0.15) is 0 Å². The SMILES string of the molecule is Cc1cccc(-n2nc(C(=O)Nc3ccccc3)nc2-c2ccccc2)c1C. The summed E-state index contributed by atoms with van der Waals surface area (Å²) in [5.41, 5.74) is 4.76. The van der Waals surface area contributed by atoms with Gasteiger partial charge in [0.25, 0.3) is 5.91 Å². The molecule has 0 aliphatic carbocycles. The van der Waals surface area contributed by atoms with Crippen LogP contribution in [0.5, 0.6) is 0 Å². The quantitative estimate of drug-likeness (QED) is 0.563. The number of nitrogens with one attached hydrogen (secondary N) is 1. The summed E-state index contributed by atoms with van der Waals surface area (Å²) in [7, 11) is 0. The molecular weight excluding hydrogens is 348 g/mol. The summed E-state index contributed by atoms with van der Waals surface area (Å²) in [4.78, 5) is 17.3. The van der Waals surface area contributed by atoms with E-state index in [1.165, 1.54) is 0 Å². The molecule has 0 aliphatic heterocycles. The lowest BCUT2D eigenvalue weighted by atomic mass is 10.1. The van der Waals surface area contributed by atoms with Crippen LogP contribution in [0, 0.1) is 13.8 Å². The van der Waals surface area contributed by atoms with Crippen molar-refractivity contribution in [1.29, 1.82) is 0 Å².